The van der Waals surface area contributed by atoms with Gasteiger partial charge in [-0.3, -0.25) is 19.4 Å². The van der Waals surface area contributed by atoms with Gasteiger partial charge < -0.3 is 10.2 Å². The Labute approximate surface area is 173 Å². The summed E-state index contributed by atoms with van der Waals surface area (Å²) in [5.74, 6) is 1.07. The summed E-state index contributed by atoms with van der Waals surface area (Å²) in [4.78, 5) is 31.2. The number of rotatable bonds is 6. The fourth-order valence-corrected chi connectivity index (χ4v) is 4.33. The molecule has 0 radical (unpaired) electrons. The fraction of sp³-hybridized carbons (Fsp3) is 0.636. The van der Waals surface area contributed by atoms with Crippen LogP contribution in [0.25, 0.3) is 0 Å². The van der Waals surface area contributed by atoms with E-state index in [0.29, 0.717) is 31.5 Å². The van der Waals surface area contributed by atoms with Crippen LogP contribution in [0.5, 0.6) is 0 Å². The summed E-state index contributed by atoms with van der Waals surface area (Å²) in [6.07, 6.45) is 1.20. The third kappa shape index (κ3) is 6.78. The summed E-state index contributed by atoms with van der Waals surface area (Å²) >= 11 is 0. The van der Waals surface area contributed by atoms with Gasteiger partial charge in [0.2, 0.25) is 11.8 Å². The number of hydrogen-bond donors (Lipinski definition) is 1. The third-order valence-electron chi connectivity index (χ3n) is 5.82. The van der Waals surface area contributed by atoms with Crippen molar-refractivity contribution in [2.45, 2.75) is 26.8 Å². The van der Waals surface area contributed by atoms with Gasteiger partial charge in [0.05, 0.1) is 13.1 Å². The Morgan fingerprint density at radius 2 is 1.52 bits per heavy atom. The Kier molecular flexibility index (Phi) is 7.61. The lowest BCUT2D eigenvalue weighted by atomic mass is 9.92. The molecular weight excluding hydrogens is 371 g/mol. The van der Waals surface area contributed by atoms with Crippen LogP contribution in [0.3, 0.4) is 0 Å². The SMILES string of the molecule is CC1CC(C)CN(C(=O)CN2CCN(CC(=O)NCc3ccc(F)cc3)CC2)C1. The number of carbonyl (C=O) groups excluding carboxylic acids is 2. The molecule has 2 aliphatic rings. The van der Waals surface area contributed by atoms with E-state index in [0.717, 1.165) is 44.8 Å². The van der Waals surface area contributed by atoms with E-state index in [1.54, 1.807) is 12.1 Å². The lowest BCUT2D eigenvalue weighted by molar-refractivity contribution is -0.135. The highest BCUT2D eigenvalue weighted by atomic mass is 19.1. The van der Waals surface area contributed by atoms with Crippen LogP contribution in [0.2, 0.25) is 0 Å². The Morgan fingerprint density at radius 1 is 0.966 bits per heavy atom. The number of likely N-dealkylation sites (tertiary alicyclic amines) is 1. The van der Waals surface area contributed by atoms with Crippen molar-refractivity contribution in [2.24, 2.45) is 11.8 Å². The van der Waals surface area contributed by atoms with E-state index in [9.17, 15) is 14.0 Å². The standard InChI is InChI=1S/C22H33FN4O2/c1-17-11-18(2)14-27(13-17)22(29)16-26-9-7-25(8-10-26)15-21(28)24-12-19-3-5-20(23)6-4-19/h3-6,17-18H,7-16H2,1-2H3,(H,24,28). The lowest BCUT2D eigenvalue weighted by Crippen LogP contribution is -2.53. The van der Waals surface area contributed by atoms with Gasteiger partial charge in [-0.2, -0.15) is 0 Å². The maximum absolute atomic E-state index is 12.9. The molecule has 29 heavy (non-hydrogen) atoms. The average Bonchev–Trinajstić information content (AvgIpc) is 2.68. The molecule has 0 bridgehead atoms. The van der Waals surface area contributed by atoms with E-state index in [1.807, 2.05) is 4.90 Å². The average molecular weight is 405 g/mol. The van der Waals surface area contributed by atoms with Crippen molar-refractivity contribution in [2.75, 3.05) is 52.4 Å². The second-order valence-electron chi connectivity index (χ2n) is 8.70. The minimum atomic E-state index is -0.277. The van der Waals surface area contributed by atoms with Crippen LogP contribution >= 0.6 is 0 Å². The summed E-state index contributed by atoms with van der Waals surface area (Å²) in [6, 6.07) is 6.14. The van der Waals surface area contributed by atoms with Crippen LogP contribution in [0, 0.1) is 17.7 Å². The molecule has 0 saturated carbocycles. The molecule has 7 heteroatoms. The minimum Gasteiger partial charge on any atom is -0.351 e. The number of nitrogens with zero attached hydrogens (tertiary/aromatic N) is 3. The maximum Gasteiger partial charge on any atom is 0.236 e. The van der Waals surface area contributed by atoms with E-state index < -0.39 is 0 Å². The topological polar surface area (TPSA) is 55.9 Å². The van der Waals surface area contributed by atoms with Crippen molar-refractivity contribution in [3.63, 3.8) is 0 Å². The fourth-order valence-electron chi connectivity index (χ4n) is 4.33. The van der Waals surface area contributed by atoms with Crippen molar-refractivity contribution >= 4 is 11.8 Å². The van der Waals surface area contributed by atoms with Gasteiger partial charge in [-0.05, 0) is 36.0 Å². The molecule has 2 aliphatic heterocycles. The number of nitrogens with one attached hydrogen (secondary N) is 1. The van der Waals surface area contributed by atoms with Gasteiger partial charge in [-0.15, -0.1) is 0 Å². The van der Waals surface area contributed by atoms with Gasteiger partial charge in [0, 0.05) is 45.8 Å². The van der Waals surface area contributed by atoms with Gasteiger partial charge in [0.25, 0.3) is 0 Å². The largest absolute Gasteiger partial charge is 0.351 e. The predicted octanol–water partition coefficient (Wildman–Crippen LogP) is 1.56. The first-order chi connectivity index (χ1) is 13.9. The van der Waals surface area contributed by atoms with E-state index in [1.165, 1.54) is 18.6 Å². The first kappa shape index (κ1) is 21.7. The summed E-state index contributed by atoms with van der Waals surface area (Å²) in [7, 11) is 0. The highest BCUT2D eigenvalue weighted by Crippen LogP contribution is 2.21. The first-order valence-corrected chi connectivity index (χ1v) is 10.6. The Hall–Kier alpha value is -1.99. The van der Waals surface area contributed by atoms with E-state index >= 15 is 0 Å². The molecule has 1 aromatic carbocycles. The molecule has 2 fully saturated rings. The van der Waals surface area contributed by atoms with E-state index in [4.69, 9.17) is 0 Å². The smallest absolute Gasteiger partial charge is 0.236 e. The highest BCUT2D eigenvalue weighted by Gasteiger charge is 2.27. The Bertz CT molecular complexity index is 679. The van der Waals surface area contributed by atoms with Gasteiger partial charge in [0.1, 0.15) is 5.82 Å². The zero-order chi connectivity index (χ0) is 20.8. The van der Waals surface area contributed by atoms with Crippen molar-refractivity contribution in [1.82, 2.24) is 20.0 Å². The monoisotopic (exact) mass is 404 g/mol. The predicted molar refractivity (Wildman–Crippen MR) is 111 cm³/mol. The van der Waals surface area contributed by atoms with Crippen LogP contribution in [0.1, 0.15) is 25.8 Å². The molecule has 0 aromatic heterocycles. The molecule has 6 nitrogen and oxygen atoms in total. The molecule has 0 spiro atoms. The summed E-state index contributed by atoms with van der Waals surface area (Å²) in [5, 5.41) is 2.88. The number of hydrogen-bond acceptors (Lipinski definition) is 4. The molecule has 3 rings (SSSR count). The second kappa shape index (κ2) is 10.2. The van der Waals surface area contributed by atoms with E-state index in [-0.39, 0.29) is 17.6 Å². The molecular formula is C22H33FN4O2. The molecule has 2 unspecified atom stereocenters. The van der Waals surface area contributed by atoms with Crippen molar-refractivity contribution < 1.29 is 14.0 Å². The van der Waals surface area contributed by atoms with Gasteiger partial charge >= 0.3 is 0 Å². The van der Waals surface area contributed by atoms with E-state index in [2.05, 4.69) is 29.0 Å². The number of amides is 2. The zero-order valence-electron chi connectivity index (χ0n) is 17.6. The molecule has 2 amide bonds. The van der Waals surface area contributed by atoms with Crippen LogP contribution in [0.4, 0.5) is 4.39 Å². The Balaban J connectivity index is 1.35. The summed E-state index contributed by atoms with van der Waals surface area (Å²) in [6.45, 7) is 10.6. The number of carbonyl (C=O) groups is 2. The molecule has 2 atom stereocenters. The van der Waals surface area contributed by atoms with Crippen molar-refractivity contribution in [1.29, 1.82) is 0 Å². The van der Waals surface area contributed by atoms with Crippen LogP contribution in [-0.2, 0) is 16.1 Å². The molecule has 160 valence electrons. The lowest BCUT2D eigenvalue weighted by Gasteiger charge is -2.38. The summed E-state index contributed by atoms with van der Waals surface area (Å²) < 4.78 is 12.9. The molecule has 2 saturated heterocycles. The number of benzene rings is 1. The Morgan fingerprint density at radius 3 is 2.10 bits per heavy atom. The molecule has 0 aliphatic carbocycles. The second-order valence-corrected chi connectivity index (χ2v) is 8.70. The van der Waals surface area contributed by atoms with Crippen LogP contribution in [0.15, 0.2) is 24.3 Å². The quantitative estimate of drug-likeness (QED) is 0.782. The summed E-state index contributed by atoms with van der Waals surface area (Å²) in [5.41, 5.74) is 0.879. The van der Waals surface area contributed by atoms with Crippen molar-refractivity contribution in [3.8, 4) is 0 Å². The molecule has 2 heterocycles. The minimum absolute atomic E-state index is 0.0323. The third-order valence-corrected chi connectivity index (χ3v) is 5.82. The van der Waals surface area contributed by atoms with Crippen LogP contribution < -0.4 is 5.32 Å². The van der Waals surface area contributed by atoms with Gasteiger partial charge in [0.15, 0.2) is 0 Å². The van der Waals surface area contributed by atoms with Crippen molar-refractivity contribution in [3.05, 3.63) is 35.6 Å². The highest BCUT2D eigenvalue weighted by molar-refractivity contribution is 5.78. The van der Waals surface area contributed by atoms with Gasteiger partial charge in [-0.1, -0.05) is 26.0 Å². The first-order valence-electron chi connectivity index (χ1n) is 10.6. The number of halogens is 1. The zero-order valence-corrected chi connectivity index (χ0v) is 17.6. The maximum atomic E-state index is 12.9. The normalized spacial score (nSPS) is 23.8. The number of piperidine rings is 1. The molecule has 1 N–H and O–H groups in total. The van der Waals surface area contributed by atoms with Crippen LogP contribution in [-0.4, -0.2) is 78.9 Å². The molecule has 1 aromatic rings. The van der Waals surface area contributed by atoms with Gasteiger partial charge in [-0.25, -0.2) is 4.39 Å². The number of piperazine rings is 1.